The summed E-state index contributed by atoms with van der Waals surface area (Å²) in [5.41, 5.74) is 1.49. The van der Waals surface area contributed by atoms with Crippen LogP contribution in [0.15, 0.2) is 30.3 Å². The van der Waals surface area contributed by atoms with Gasteiger partial charge in [-0.05, 0) is 44.2 Å². The molecule has 3 rings (SSSR count). The molecular weight excluding hydrogens is 222 g/mol. The standard InChI is InChI=1S/C16H23NO/c1-2-6-13(7-3-1)15-12-16(15)17-10-4-8-14-9-5-11-18-14/h1-3,6-7,14-17H,4-5,8-12H2. The zero-order valence-electron chi connectivity index (χ0n) is 11.0. The Morgan fingerprint density at radius 2 is 2.11 bits per heavy atom. The van der Waals surface area contributed by atoms with Crippen LogP contribution in [0, 0.1) is 0 Å². The Hall–Kier alpha value is -0.860. The number of hydrogen-bond acceptors (Lipinski definition) is 2. The van der Waals surface area contributed by atoms with Gasteiger partial charge in [0.05, 0.1) is 6.10 Å². The maximum atomic E-state index is 5.64. The number of hydrogen-bond donors (Lipinski definition) is 1. The molecule has 1 aromatic carbocycles. The highest BCUT2D eigenvalue weighted by molar-refractivity contribution is 5.27. The quantitative estimate of drug-likeness (QED) is 0.778. The zero-order valence-corrected chi connectivity index (χ0v) is 11.0. The van der Waals surface area contributed by atoms with Crippen molar-refractivity contribution in [3.8, 4) is 0 Å². The monoisotopic (exact) mass is 245 g/mol. The van der Waals surface area contributed by atoms with Crippen LogP contribution in [0.4, 0.5) is 0 Å². The molecule has 0 aromatic heterocycles. The highest BCUT2D eigenvalue weighted by Gasteiger charge is 2.37. The van der Waals surface area contributed by atoms with Crippen LogP contribution in [0.3, 0.4) is 0 Å². The second kappa shape index (κ2) is 5.85. The van der Waals surface area contributed by atoms with Crippen molar-refractivity contribution >= 4 is 0 Å². The lowest BCUT2D eigenvalue weighted by Crippen LogP contribution is -2.20. The summed E-state index contributed by atoms with van der Waals surface area (Å²) in [6.07, 6.45) is 6.88. The fourth-order valence-electron chi connectivity index (χ4n) is 2.98. The van der Waals surface area contributed by atoms with Gasteiger partial charge in [-0.1, -0.05) is 30.3 Å². The molecule has 1 N–H and O–H groups in total. The maximum Gasteiger partial charge on any atom is 0.0576 e. The first kappa shape index (κ1) is 12.2. The predicted octanol–water partition coefficient (Wildman–Crippen LogP) is 3.09. The summed E-state index contributed by atoms with van der Waals surface area (Å²) in [6, 6.07) is 11.6. The number of nitrogens with one attached hydrogen (secondary N) is 1. The van der Waals surface area contributed by atoms with Gasteiger partial charge in [-0.3, -0.25) is 0 Å². The lowest BCUT2D eigenvalue weighted by Gasteiger charge is -2.09. The molecular formula is C16H23NO. The van der Waals surface area contributed by atoms with Crippen molar-refractivity contribution in [3.63, 3.8) is 0 Å². The summed E-state index contributed by atoms with van der Waals surface area (Å²) in [6.45, 7) is 2.13. The molecule has 1 aliphatic carbocycles. The first-order valence-electron chi connectivity index (χ1n) is 7.33. The second-order valence-corrected chi connectivity index (χ2v) is 5.59. The van der Waals surface area contributed by atoms with Gasteiger partial charge in [0, 0.05) is 18.6 Å². The van der Waals surface area contributed by atoms with Gasteiger partial charge in [0.1, 0.15) is 0 Å². The van der Waals surface area contributed by atoms with Gasteiger partial charge in [0.25, 0.3) is 0 Å². The topological polar surface area (TPSA) is 21.3 Å². The molecule has 2 aliphatic rings. The average molecular weight is 245 g/mol. The summed E-state index contributed by atoms with van der Waals surface area (Å²) >= 11 is 0. The molecule has 2 nitrogen and oxygen atoms in total. The smallest absolute Gasteiger partial charge is 0.0576 e. The Morgan fingerprint density at radius 1 is 1.22 bits per heavy atom. The molecule has 2 heteroatoms. The van der Waals surface area contributed by atoms with Crippen molar-refractivity contribution in [1.29, 1.82) is 0 Å². The molecule has 1 saturated heterocycles. The van der Waals surface area contributed by atoms with Crippen LogP contribution < -0.4 is 5.32 Å². The summed E-state index contributed by atoms with van der Waals surface area (Å²) < 4.78 is 5.64. The van der Waals surface area contributed by atoms with E-state index in [1.807, 2.05) is 0 Å². The third-order valence-electron chi connectivity index (χ3n) is 4.15. The summed E-state index contributed by atoms with van der Waals surface area (Å²) in [5.74, 6) is 0.758. The first-order chi connectivity index (χ1) is 8.93. The van der Waals surface area contributed by atoms with Crippen molar-refractivity contribution in [2.24, 2.45) is 0 Å². The molecule has 0 amide bonds. The van der Waals surface area contributed by atoms with Gasteiger partial charge in [-0.25, -0.2) is 0 Å². The molecule has 0 radical (unpaired) electrons. The molecule has 2 fully saturated rings. The largest absolute Gasteiger partial charge is 0.378 e. The van der Waals surface area contributed by atoms with Crippen LogP contribution in [0.5, 0.6) is 0 Å². The second-order valence-electron chi connectivity index (χ2n) is 5.59. The third kappa shape index (κ3) is 3.12. The van der Waals surface area contributed by atoms with E-state index in [0.717, 1.165) is 25.1 Å². The van der Waals surface area contributed by atoms with Crippen LogP contribution in [0.2, 0.25) is 0 Å². The van der Waals surface area contributed by atoms with Crippen LogP contribution in [-0.4, -0.2) is 25.3 Å². The Labute approximate surface area is 110 Å². The van der Waals surface area contributed by atoms with Gasteiger partial charge in [0.15, 0.2) is 0 Å². The summed E-state index contributed by atoms with van der Waals surface area (Å²) in [7, 11) is 0. The molecule has 0 spiro atoms. The average Bonchev–Trinajstić information content (AvgIpc) is 3.01. The minimum atomic E-state index is 0.552. The molecule has 3 atom stereocenters. The van der Waals surface area contributed by atoms with Gasteiger partial charge < -0.3 is 10.1 Å². The first-order valence-corrected chi connectivity index (χ1v) is 7.33. The van der Waals surface area contributed by atoms with Gasteiger partial charge in [-0.15, -0.1) is 0 Å². The fourth-order valence-corrected chi connectivity index (χ4v) is 2.98. The molecule has 1 saturated carbocycles. The molecule has 98 valence electrons. The highest BCUT2D eigenvalue weighted by atomic mass is 16.5. The number of benzene rings is 1. The SMILES string of the molecule is c1ccc(C2CC2NCCCC2CCCO2)cc1. The van der Waals surface area contributed by atoms with Gasteiger partial charge >= 0.3 is 0 Å². The fraction of sp³-hybridized carbons (Fsp3) is 0.625. The van der Waals surface area contributed by atoms with E-state index in [-0.39, 0.29) is 0 Å². The van der Waals surface area contributed by atoms with Crippen molar-refractivity contribution in [2.45, 2.75) is 50.2 Å². The molecule has 3 unspecified atom stereocenters. The van der Waals surface area contributed by atoms with Crippen LogP contribution in [-0.2, 0) is 4.74 Å². The van der Waals surface area contributed by atoms with Crippen LogP contribution >= 0.6 is 0 Å². The minimum Gasteiger partial charge on any atom is -0.378 e. The molecule has 0 bridgehead atoms. The predicted molar refractivity (Wildman–Crippen MR) is 73.8 cm³/mol. The zero-order chi connectivity index (χ0) is 12.2. The van der Waals surface area contributed by atoms with Gasteiger partial charge in [-0.2, -0.15) is 0 Å². The normalized spacial score (nSPS) is 30.6. The van der Waals surface area contributed by atoms with Crippen molar-refractivity contribution < 1.29 is 4.74 Å². The van der Waals surface area contributed by atoms with E-state index in [2.05, 4.69) is 35.6 Å². The minimum absolute atomic E-state index is 0.552. The molecule has 1 heterocycles. The Kier molecular flexibility index (Phi) is 3.96. The third-order valence-corrected chi connectivity index (χ3v) is 4.15. The van der Waals surface area contributed by atoms with Crippen molar-refractivity contribution in [3.05, 3.63) is 35.9 Å². The number of ether oxygens (including phenoxy) is 1. The van der Waals surface area contributed by atoms with E-state index >= 15 is 0 Å². The van der Waals surface area contributed by atoms with Gasteiger partial charge in [0.2, 0.25) is 0 Å². The molecule has 1 aliphatic heterocycles. The highest BCUT2D eigenvalue weighted by Crippen LogP contribution is 2.40. The Morgan fingerprint density at radius 3 is 2.89 bits per heavy atom. The van der Waals surface area contributed by atoms with E-state index in [1.165, 1.54) is 37.7 Å². The molecule has 18 heavy (non-hydrogen) atoms. The molecule has 1 aromatic rings. The van der Waals surface area contributed by atoms with Crippen molar-refractivity contribution in [1.82, 2.24) is 5.32 Å². The van der Waals surface area contributed by atoms with E-state index < -0.39 is 0 Å². The van der Waals surface area contributed by atoms with Crippen LogP contribution in [0.1, 0.15) is 43.6 Å². The summed E-state index contributed by atoms with van der Waals surface area (Å²) in [5, 5.41) is 3.67. The van der Waals surface area contributed by atoms with E-state index in [1.54, 1.807) is 0 Å². The van der Waals surface area contributed by atoms with E-state index in [0.29, 0.717) is 6.10 Å². The Bertz CT molecular complexity index is 359. The number of rotatable bonds is 6. The summed E-state index contributed by atoms with van der Waals surface area (Å²) in [4.78, 5) is 0. The van der Waals surface area contributed by atoms with E-state index in [9.17, 15) is 0 Å². The lowest BCUT2D eigenvalue weighted by atomic mass is 10.1. The lowest BCUT2D eigenvalue weighted by molar-refractivity contribution is 0.102. The van der Waals surface area contributed by atoms with Crippen molar-refractivity contribution in [2.75, 3.05) is 13.2 Å². The Balaban J connectivity index is 1.31. The van der Waals surface area contributed by atoms with Crippen LogP contribution in [0.25, 0.3) is 0 Å². The van der Waals surface area contributed by atoms with E-state index in [4.69, 9.17) is 4.74 Å². The maximum absolute atomic E-state index is 5.64.